The molecule has 2 nitrogen and oxygen atoms in total. The van der Waals surface area contributed by atoms with Gasteiger partial charge in [-0.1, -0.05) is 109 Å². The number of fused-ring (bicyclic) bond motifs is 3. The number of nitriles is 2. The molecule has 7 rings (SSSR count). The highest BCUT2D eigenvalue weighted by Gasteiger charge is 2.17. The number of nitrogens with zero attached hydrogens (tertiary/aromatic N) is 2. The van der Waals surface area contributed by atoms with E-state index in [-0.39, 0.29) is 0 Å². The first-order chi connectivity index (χ1) is 20.2. The second-order valence-corrected chi connectivity index (χ2v) is 11.0. The van der Waals surface area contributed by atoms with E-state index in [1.54, 1.807) is 11.3 Å². The van der Waals surface area contributed by atoms with E-state index >= 15 is 0 Å². The quantitative estimate of drug-likeness (QED) is 0.224. The van der Waals surface area contributed by atoms with Gasteiger partial charge in [0.25, 0.3) is 0 Å². The predicted octanol–water partition coefficient (Wildman–Crippen LogP) is 10.5. The summed E-state index contributed by atoms with van der Waals surface area (Å²) in [6.07, 6.45) is 0. The lowest BCUT2D eigenvalue weighted by molar-refractivity contribution is 1.47. The Morgan fingerprint density at radius 1 is 0.439 bits per heavy atom. The fourth-order valence-electron chi connectivity index (χ4n) is 5.54. The molecule has 0 atom stereocenters. The van der Waals surface area contributed by atoms with Crippen molar-refractivity contribution in [3.05, 3.63) is 145 Å². The third kappa shape index (κ3) is 4.36. The molecule has 0 aliphatic carbocycles. The highest BCUT2D eigenvalue weighted by molar-refractivity contribution is 7.26. The van der Waals surface area contributed by atoms with Gasteiger partial charge >= 0.3 is 0 Å². The predicted molar refractivity (Wildman–Crippen MR) is 171 cm³/mol. The minimum absolute atomic E-state index is 0.661. The van der Waals surface area contributed by atoms with Crippen molar-refractivity contribution < 1.29 is 0 Å². The topological polar surface area (TPSA) is 47.6 Å². The third-order valence-corrected chi connectivity index (χ3v) is 8.79. The number of hydrogen-bond donors (Lipinski definition) is 0. The molecule has 0 fully saturated rings. The van der Waals surface area contributed by atoms with Crippen LogP contribution in [0, 0.1) is 22.7 Å². The molecule has 190 valence electrons. The van der Waals surface area contributed by atoms with Crippen molar-refractivity contribution in [2.24, 2.45) is 0 Å². The molecule has 0 radical (unpaired) electrons. The number of thiophene rings is 1. The van der Waals surface area contributed by atoms with Gasteiger partial charge in [0.15, 0.2) is 0 Å². The summed E-state index contributed by atoms with van der Waals surface area (Å²) < 4.78 is 2.16. The lowest BCUT2D eigenvalue weighted by Gasteiger charge is -2.15. The van der Waals surface area contributed by atoms with Gasteiger partial charge in [-0.05, 0) is 57.6 Å². The summed E-state index contributed by atoms with van der Waals surface area (Å²) in [6, 6.07) is 50.4. The Morgan fingerprint density at radius 2 is 1.02 bits per heavy atom. The van der Waals surface area contributed by atoms with Crippen molar-refractivity contribution in [3.63, 3.8) is 0 Å². The zero-order valence-electron chi connectivity index (χ0n) is 22.0. The average Bonchev–Trinajstić information content (AvgIpc) is 3.43. The van der Waals surface area contributed by atoms with Crippen molar-refractivity contribution >= 4 is 31.5 Å². The fraction of sp³-hybridized carbons (Fsp3) is 0. The van der Waals surface area contributed by atoms with Crippen molar-refractivity contribution in [2.45, 2.75) is 0 Å². The van der Waals surface area contributed by atoms with Gasteiger partial charge in [-0.15, -0.1) is 11.3 Å². The second kappa shape index (κ2) is 10.2. The van der Waals surface area contributed by atoms with Crippen LogP contribution >= 0.6 is 11.3 Å². The average molecular weight is 539 g/mol. The van der Waals surface area contributed by atoms with Crippen LogP contribution in [0.5, 0.6) is 0 Å². The first kappa shape index (κ1) is 24.6. The zero-order chi connectivity index (χ0) is 27.8. The maximum absolute atomic E-state index is 10.4. The van der Waals surface area contributed by atoms with Gasteiger partial charge < -0.3 is 0 Å². The number of hydrogen-bond acceptors (Lipinski definition) is 3. The lowest BCUT2D eigenvalue weighted by atomic mass is 9.88. The first-order valence-electron chi connectivity index (χ1n) is 13.4. The van der Waals surface area contributed by atoms with E-state index in [1.807, 2.05) is 48.5 Å². The molecule has 0 saturated heterocycles. The Labute approximate surface area is 242 Å². The van der Waals surface area contributed by atoms with Crippen LogP contribution in [0.3, 0.4) is 0 Å². The Bertz CT molecular complexity index is 2140. The van der Waals surface area contributed by atoms with Gasteiger partial charge in [0.1, 0.15) is 12.1 Å². The molecule has 3 heteroatoms. The standard InChI is InChI=1S/C38H22N2S/c39-23-30-12-7-13-33-32-19-18-29(22-37(32)41-38(30)33)31-20-34(27-10-5-2-6-11-27)36(24-40)35(21-31)28-16-14-26(15-17-28)25-8-3-1-4-9-25/h1-22H. The van der Waals surface area contributed by atoms with Crippen molar-refractivity contribution in [2.75, 3.05) is 0 Å². The molecule has 1 heterocycles. The summed E-state index contributed by atoms with van der Waals surface area (Å²) in [5.41, 5.74) is 9.62. The molecular weight excluding hydrogens is 516 g/mol. The van der Waals surface area contributed by atoms with Gasteiger partial charge in [-0.2, -0.15) is 10.5 Å². The van der Waals surface area contributed by atoms with Crippen LogP contribution in [0.2, 0.25) is 0 Å². The van der Waals surface area contributed by atoms with Crippen LogP contribution in [0.1, 0.15) is 11.1 Å². The molecular formula is C38H22N2S. The molecule has 0 amide bonds. The number of rotatable bonds is 4. The molecule has 6 aromatic carbocycles. The van der Waals surface area contributed by atoms with Crippen LogP contribution < -0.4 is 0 Å². The van der Waals surface area contributed by atoms with E-state index in [9.17, 15) is 10.5 Å². The Hall–Kier alpha value is -5.48. The molecule has 41 heavy (non-hydrogen) atoms. The molecule has 0 spiro atoms. The molecule has 0 N–H and O–H groups in total. The molecule has 1 aromatic heterocycles. The minimum Gasteiger partial charge on any atom is -0.192 e. The molecule has 0 saturated carbocycles. The fourth-order valence-corrected chi connectivity index (χ4v) is 6.75. The highest BCUT2D eigenvalue weighted by Crippen LogP contribution is 2.41. The van der Waals surface area contributed by atoms with Gasteiger partial charge in [-0.3, -0.25) is 0 Å². The SMILES string of the molecule is N#Cc1c(-c2ccccc2)cc(-c2ccc3c(c2)sc2c(C#N)cccc23)cc1-c1ccc(-c2ccccc2)cc1. The summed E-state index contributed by atoms with van der Waals surface area (Å²) in [4.78, 5) is 0. The van der Waals surface area contributed by atoms with E-state index in [0.717, 1.165) is 64.7 Å². The molecule has 0 aliphatic heterocycles. The van der Waals surface area contributed by atoms with Crippen molar-refractivity contribution in [3.8, 4) is 56.6 Å². The van der Waals surface area contributed by atoms with Gasteiger partial charge in [0, 0.05) is 26.6 Å². The van der Waals surface area contributed by atoms with Crippen molar-refractivity contribution in [1.82, 2.24) is 0 Å². The first-order valence-corrected chi connectivity index (χ1v) is 14.2. The summed E-state index contributed by atoms with van der Waals surface area (Å²) in [5, 5.41) is 22.3. The van der Waals surface area contributed by atoms with E-state index < -0.39 is 0 Å². The van der Waals surface area contributed by atoms with E-state index in [2.05, 4.69) is 97.1 Å². The molecule has 7 aromatic rings. The monoisotopic (exact) mass is 538 g/mol. The largest absolute Gasteiger partial charge is 0.192 e. The maximum Gasteiger partial charge on any atom is 0.101 e. The third-order valence-electron chi connectivity index (χ3n) is 7.59. The van der Waals surface area contributed by atoms with Crippen LogP contribution in [0.4, 0.5) is 0 Å². The second-order valence-electron chi connectivity index (χ2n) is 9.97. The maximum atomic E-state index is 10.4. The smallest absolute Gasteiger partial charge is 0.101 e. The minimum atomic E-state index is 0.661. The van der Waals surface area contributed by atoms with Crippen LogP contribution in [0.25, 0.3) is 64.7 Å². The lowest BCUT2D eigenvalue weighted by Crippen LogP contribution is -1.93. The molecule has 0 aliphatic rings. The van der Waals surface area contributed by atoms with Gasteiger partial charge in [-0.25, -0.2) is 0 Å². The van der Waals surface area contributed by atoms with Gasteiger partial charge in [0.05, 0.1) is 15.8 Å². The summed E-state index contributed by atoms with van der Waals surface area (Å²) in [6.45, 7) is 0. The van der Waals surface area contributed by atoms with Crippen LogP contribution in [-0.4, -0.2) is 0 Å². The van der Waals surface area contributed by atoms with Crippen LogP contribution in [-0.2, 0) is 0 Å². The summed E-state index contributed by atoms with van der Waals surface area (Å²) in [5.74, 6) is 0. The number of benzene rings is 6. The molecule has 0 bridgehead atoms. The van der Waals surface area contributed by atoms with E-state index in [1.165, 1.54) is 0 Å². The normalized spacial score (nSPS) is 10.9. The summed E-state index contributed by atoms with van der Waals surface area (Å²) in [7, 11) is 0. The van der Waals surface area contributed by atoms with Crippen LogP contribution in [0.15, 0.2) is 133 Å². The summed E-state index contributed by atoms with van der Waals surface area (Å²) >= 11 is 1.66. The molecule has 0 unspecified atom stereocenters. The zero-order valence-corrected chi connectivity index (χ0v) is 22.8. The van der Waals surface area contributed by atoms with E-state index in [4.69, 9.17) is 0 Å². The van der Waals surface area contributed by atoms with Crippen molar-refractivity contribution in [1.29, 1.82) is 10.5 Å². The highest BCUT2D eigenvalue weighted by atomic mass is 32.1. The Kier molecular flexibility index (Phi) is 6.14. The Morgan fingerprint density at radius 3 is 1.68 bits per heavy atom. The van der Waals surface area contributed by atoms with E-state index in [0.29, 0.717) is 11.1 Å². The Balaban J connectivity index is 1.42. The van der Waals surface area contributed by atoms with Gasteiger partial charge in [0.2, 0.25) is 0 Å².